The molecule has 5 heteroatoms. The van der Waals surface area contributed by atoms with Crippen molar-refractivity contribution in [3.63, 3.8) is 0 Å². The molecular weight excluding hydrogens is 196 g/mol. The topological polar surface area (TPSA) is 71.3 Å². The molecule has 0 aliphatic carbocycles. The number of aliphatic hydroxyl groups excluding tert-OH is 1. The number of aromatic nitrogens is 1. The third-order valence-corrected chi connectivity index (χ3v) is 2.00. The number of nitrogens with one attached hydrogen (secondary N) is 1. The fourth-order valence-corrected chi connectivity index (χ4v) is 1.24. The summed E-state index contributed by atoms with van der Waals surface area (Å²) in [4.78, 5) is 21.7. The minimum absolute atomic E-state index is 0.0607. The van der Waals surface area contributed by atoms with Crippen LogP contribution in [0.15, 0.2) is 18.3 Å². The minimum Gasteiger partial charge on any atom is -0.395 e. The Hall–Kier alpha value is -1.62. The van der Waals surface area contributed by atoms with Crippen molar-refractivity contribution in [2.75, 3.05) is 13.2 Å². The Morgan fingerprint density at radius 3 is 3.07 bits per heavy atom. The quantitative estimate of drug-likeness (QED) is 0.639. The third kappa shape index (κ3) is 3.55. The van der Waals surface area contributed by atoms with E-state index in [1.807, 2.05) is 0 Å². The highest BCUT2D eigenvalue weighted by Gasteiger charge is 2.03. The van der Waals surface area contributed by atoms with Gasteiger partial charge in [-0.15, -0.1) is 0 Å². The predicted octanol–water partition coefficient (Wildman–Crippen LogP) is -0.201. The number of rotatable bonds is 6. The molecule has 0 bridgehead atoms. The highest BCUT2D eigenvalue weighted by molar-refractivity contribution is 5.76. The normalized spacial score (nSPS) is 9.93. The van der Waals surface area contributed by atoms with Gasteiger partial charge >= 0.3 is 0 Å². The second kappa shape index (κ2) is 5.98. The second-order valence-corrected chi connectivity index (χ2v) is 3.07. The van der Waals surface area contributed by atoms with Gasteiger partial charge in [0.05, 0.1) is 12.3 Å². The zero-order chi connectivity index (χ0) is 11.1. The molecule has 1 heterocycles. The smallest absolute Gasteiger partial charge is 0.221 e. The van der Waals surface area contributed by atoms with Crippen LogP contribution in [-0.4, -0.2) is 35.0 Å². The standard InChI is InChI=1S/C10H14N2O3/c13-7-4-11-10(15)3-6-12-5-1-2-9(12)8-14/h1-2,5,8,13H,3-4,6-7H2,(H,11,15). The molecule has 0 aliphatic rings. The average molecular weight is 210 g/mol. The number of nitrogens with zero attached hydrogens (tertiary/aromatic N) is 1. The van der Waals surface area contributed by atoms with Crippen LogP contribution in [0.25, 0.3) is 0 Å². The fraction of sp³-hybridized carbons (Fsp3) is 0.400. The van der Waals surface area contributed by atoms with Crippen molar-refractivity contribution >= 4 is 12.2 Å². The van der Waals surface area contributed by atoms with E-state index in [9.17, 15) is 9.59 Å². The van der Waals surface area contributed by atoms with E-state index in [0.717, 1.165) is 6.29 Å². The van der Waals surface area contributed by atoms with Crippen molar-refractivity contribution in [2.24, 2.45) is 0 Å². The molecule has 0 saturated heterocycles. The number of hydrogen-bond acceptors (Lipinski definition) is 3. The lowest BCUT2D eigenvalue weighted by Gasteiger charge is -2.05. The van der Waals surface area contributed by atoms with Gasteiger partial charge in [0.1, 0.15) is 0 Å². The molecule has 1 rings (SSSR count). The molecule has 5 nitrogen and oxygen atoms in total. The molecule has 0 aliphatic heterocycles. The van der Waals surface area contributed by atoms with Crippen LogP contribution in [0.2, 0.25) is 0 Å². The molecule has 0 aromatic carbocycles. The largest absolute Gasteiger partial charge is 0.395 e. The first kappa shape index (κ1) is 11.5. The first-order valence-corrected chi connectivity index (χ1v) is 4.76. The van der Waals surface area contributed by atoms with Crippen molar-refractivity contribution < 1.29 is 14.7 Å². The Morgan fingerprint density at radius 2 is 2.40 bits per heavy atom. The molecule has 0 fully saturated rings. The SMILES string of the molecule is O=Cc1cccn1CCC(=O)NCCO. The number of carbonyl (C=O) groups is 2. The van der Waals surface area contributed by atoms with E-state index < -0.39 is 0 Å². The van der Waals surface area contributed by atoms with Crippen LogP contribution < -0.4 is 5.32 Å². The molecule has 0 unspecified atom stereocenters. The number of hydrogen-bond donors (Lipinski definition) is 2. The van der Waals surface area contributed by atoms with Gasteiger partial charge in [-0.2, -0.15) is 0 Å². The summed E-state index contributed by atoms with van der Waals surface area (Å²) in [6, 6.07) is 3.45. The first-order chi connectivity index (χ1) is 7.27. The number of aryl methyl sites for hydroxylation is 1. The minimum atomic E-state index is -0.130. The lowest BCUT2D eigenvalue weighted by atomic mass is 10.3. The van der Waals surface area contributed by atoms with Crippen LogP contribution in [0, 0.1) is 0 Å². The van der Waals surface area contributed by atoms with Gasteiger partial charge in [0.2, 0.25) is 5.91 Å². The van der Waals surface area contributed by atoms with Gasteiger partial charge in [0.15, 0.2) is 6.29 Å². The zero-order valence-electron chi connectivity index (χ0n) is 8.35. The highest BCUT2D eigenvalue weighted by atomic mass is 16.3. The maximum absolute atomic E-state index is 11.2. The van der Waals surface area contributed by atoms with Gasteiger partial charge in [-0.05, 0) is 12.1 Å². The molecule has 0 radical (unpaired) electrons. The summed E-state index contributed by atoms with van der Waals surface area (Å²) in [5, 5.41) is 11.0. The van der Waals surface area contributed by atoms with Crippen LogP contribution in [-0.2, 0) is 11.3 Å². The Labute approximate surface area is 87.7 Å². The second-order valence-electron chi connectivity index (χ2n) is 3.07. The molecule has 1 amide bonds. The van der Waals surface area contributed by atoms with Crippen molar-refractivity contribution in [3.8, 4) is 0 Å². The molecule has 0 spiro atoms. The molecule has 0 atom stereocenters. The van der Waals surface area contributed by atoms with Crippen LogP contribution in [0.5, 0.6) is 0 Å². The fourth-order valence-electron chi connectivity index (χ4n) is 1.24. The molecule has 82 valence electrons. The lowest BCUT2D eigenvalue weighted by molar-refractivity contribution is -0.121. The molecule has 15 heavy (non-hydrogen) atoms. The number of aldehydes is 1. The lowest BCUT2D eigenvalue weighted by Crippen LogP contribution is -2.27. The van der Waals surface area contributed by atoms with Crippen LogP contribution in [0.3, 0.4) is 0 Å². The summed E-state index contributed by atoms with van der Waals surface area (Å²) in [6.07, 6.45) is 2.81. The van der Waals surface area contributed by atoms with Gasteiger partial charge in [0.25, 0.3) is 0 Å². The summed E-state index contributed by atoms with van der Waals surface area (Å²) >= 11 is 0. The van der Waals surface area contributed by atoms with E-state index >= 15 is 0 Å². The maximum atomic E-state index is 11.2. The monoisotopic (exact) mass is 210 g/mol. The van der Waals surface area contributed by atoms with E-state index in [-0.39, 0.29) is 19.1 Å². The van der Waals surface area contributed by atoms with Gasteiger partial charge < -0.3 is 15.0 Å². The Kier molecular flexibility index (Phi) is 4.56. The number of amides is 1. The maximum Gasteiger partial charge on any atom is 0.221 e. The average Bonchev–Trinajstić information content (AvgIpc) is 2.70. The third-order valence-electron chi connectivity index (χ3n) is 2.00. The molecule has 1 aromatic rings. The number of aliphatic hydroxyl groups is 1. The summed E-state index contributed by atoms with van der Waals surface area (Å²) in [7, 11) is 0. The van der Waals surface area contributed by atoms with Crippen molar-refractivity contribution in [2.45, 2.75) is 13.0 Å². The summed E-state index contributed by atoms with van der Waals surface area (Å²) in [6.45, 7) is 0.679. The highest BCUT2D eigenvalue weighted by Crippen LogP contribution is 2.00. The van der Waals surface area contributed by atoms with Gasteiger partial charge in [-0.3, -0.25) is 9.59 Å². The Bertz CT molecular complexity index is 333. The summed E-state index contributed by atoms with van der Waals surface area (Å²) in [5.74, 6) is -0.130. The van der Waals surface area contributed by atoms with Crippen molar-refractivity contribution in [3.05, 3.63) is 24.0 Å². The molecule has 2 N–H and O–H groups in total. The predicted molar refractivity (Wildman–Crippen MR) is 54.5 cm³/mol. The summed E-state index contributed by atoms with van der Waals surface area (Å²) in [5.41, 5.74) is 0.560. The van der Waals surface area contributed by atoms with E-state index in [2.05, 4.69) is 5.32 Å². The van der Waals surface area contributed by atoms with E-state index in [0.29, 0.717) is 18.7 Å². The number of carbonyl (C=O) groups excluding carboxylic acids is 2. The van der Waals surface area contributed by atoms with E-state index in [1.165, 1.54) is 0 Å². The Morgan fingerprint density at radius 1 is 1.60 bits per heavy atom. The van der Waals surface area contributed by atoms with Crippen molar-refractivity contribution in [1.82, 2.24) is 9.88 Å². The molecule has 1 aromatic heterocycles. The van der Waals surface area contributed by atoms with Gasteiger partial charge in [0, 0.05) is 25.7 Å². The van der Waals surface area contributed by atoms with Gasteiger partial charge in [-0.1, -0.05) is 0 Å². The van der Waals surface area contributed by atoms with Crippen molar-refractivity contribution in [1.29, 1.82) is 0 Å². The molecular formula is C10H14N2O3. The van der Waals surface area contributed by atoms with Crippen LogP contribution in [0.4, 0.5) is 0 Å². The van der Waals surface area contributed by atoms with Crippen LogP contribution >= 0.6 is 0 Å². The van der Waals surface area contributed by atoms with E-state index in [4.69, 9.17) is 5.11 Å². The van der Waals surface area contributed by atoms with E-state index in [1.54, 1.807) is 22.9 Å². The first-order valence-electron chi connectivity index (χ1n) is 4.76. The van der Waals surface area contributed by atoms with Gasteiger partial charge in [-0.25, -0.2) is 0 Å². The molecule has 0 saturated carbocycles. The Balaban J connectivity index is 2.36. The zero-order valence-corrected chi connectivity index (χ0v) is 8.35. The summed E-state index contributed by atoms with van der Waals surface area (Å²) < 4.78 is 1.71. The van der Waals surface area contributed by atoms with Crippen LogP contribution in [0.1, 0.15) is 16.9 Å².